The van der Waals surface area contributed by atoms with Crippen LogP contribution in [0.2, 0.25) is 0 Å². The summed E-state index contributed by atoms with van der Waals surface area (Å²) >= 11 is 0. The minimum atomic E-state index is -1.20. The number of carboxylic acids is 2. The fourth-order valence-corrected chi connectivity index (χ4v) is 0.908. The fourth-order valence-electron chi connectivity index (χ4n) is 0.908. The predicted octanol–water partition coefficient (Wildman–Crippen LogP) is -0.271. The van der Waals surface area contributed by atoms with Crippen molar-refractivity contribution >= 4 is 11.9 Å². The van der Waals surface area contributed by atoms with Crippen molar-refractivity contribution in [1.29, 1.82) is 0 Å². The summed E-state index contributed by atoms with van der Waals surface area (Å²) in [5.41, 5.74) is 0. The molecule has 7 heteroatoms. The molecule has 0 spiro atoms. The molecule has 0 fully saturated rings. The minimum Gasteiger partial charge on any atom is -0.481 e. The van der Waals surface area contributed by atoms with Crippen LogP contribution in [0.4, 0.5) is 0 Å². The lowest BCUT2D eigenvalue weighted by molar-refractivity contribution is -0.360. The second kappa shape index (κ2) is 6.30. The highest BCUT2D eigenvalue weighted by Crippen LogP contribution is 2.07. The summed E-state index contributed by atoms with van der Waals surface area (Å²) in [6, 6.07) is -1.12. The smallest absolute Gasteiger partial charge is 0.325 e. The third kappa shape index (κ3) is 4.17. The number of carboxylic acid groups (broad SMARTS) is 2. The number of rotatable bonds is 7. The van der Waals surface area contributed by atoms with Crippen LogP contribution < -0.4 is 0 Å². The molecule has 82 valence electrons. The number of nitrogens with zero attached hydrogens (tertiary/aromatic N) is 1. The van der Waals surface area contributed by atoms with E-state index >= 15 is 0 Å². The second-order valence-corrected chi connectivity index (χ2v) is 2.44. The van der Waals surface area contributed by atoms with Crippen molar-refractivity contribution in [3.63, 3.8) is 0 Å². The van der Waals surface area contributed by atoms with Gasteiger partial charge in [0.15, 0.2) is 6.04 Å². The number of aliphatic carboxylic acids is 2. The van der Waals surface area contributed by atoms with Gasteiger partial charge in [0.2, 0.25) is 0 Å². The van der Waals surface area contributed by atoms with Crippen LogP contribution >= 0.6 is 0 Å². The lowest BCUT2D eigenvalue weighted by atomic mass is 10.2. The zero-order valence-electron chi connectivity index (χ0n) is 7.97. The van der Waals surface area contributed by atoms with Gasteiger partial charge in [-0.1, -0.05) is 5.23 Å². The van der Waals surface area contributed by atoms with Gasteiger partial charge in [-0.15, -0.1) is 0 Å². The summed E-state index contributed by atoms with van der Waals surface area (Å²) in [5.74, 6) is -2.27. The van der Waals surface area contributed by atoms with Crippen molar-refractivity contribution in [2.75, 3.05) is 14.2 Å². The van der Waals surface area contributed by atoms with Gasteiger partial charge in [0.1, 0.15) is 0 Å². The Hall–Kier alpha value is -1.18. The molecule has 0 aliphatic rings. The Morgan fingerprint density at radius 1 is 1.29 bits per heavy atom. The van der Waals surface area contributed by atoms with Crippen LogP contribution in [-0.4, -0.2) is 47.6 Å². The maximum atomic E-state index is 10.7. The van der Waals surface area contributed by atoms with E-state index in [1.807, 2.05) is 0 Å². The summed E-state index contributed by atoms with van der Waals surface area (Å²) < 4.78 is 0. The Kier molecular flexibility index (Phi) is 5.77. The van der Waals surface area contributed by atoms with E-state index in [2.05, 4.69) is 9.68 Å². The molecule has 0 aliphatic carbocycles. The van der Waals surface area contributed by atoms with E-state index in [1.54, 1.807) is 0 Å². The lowest BCUT2D eigenvalue weighted by Crippen LogP contribution is -2.40. The molecule has 14 heavy (non-hydrogen) atoms. The SMILES string of the molecule is CON(OC)[C@@H](CCC(=O)O)C(=O)O. The second-order valence-electron chi connectivity index (χ2n) is 2.44. The van der Waals surface area contributed by atoms with Crippen molar-refractivity contribution in [3.05, 3.63) is 0 Å². The molecule has 1 atom stereocenters. The molecule has 2 N–H and O–H groups in total. The van der Waals surface area contributed by atoms with Gasteiger partial charge >= 0.3 is 11.9 Å². The molecule has 0 bridgehead atoms. The third-order valence-electron chi connectivity index (χ3n) is 1.53. The van der Waals surface area contributed by atoms with Crippen LogP contribution in [-0.2, 0) is 19.3 Å². The highest BCUT2D eigenvalue weighted by Gasteiger charge is 2.26. The van der Waals surface area contributed by atoms with Crippen LogP contribution in [0, 0.1) is 0 Å². The van der Waals surface area contributed by atoms with Gasteiger partial charge in [-0.2, -0.15) is 0 Å². The van der Waals surface area contributed by atoms with Crippen molar-refractivity contribution in [2.24, 2.45) is 0 Å². The molecule has 0 unspecified atom stereocenters. The van der Waals surface area contributed by atoms with Crippen molar-refractivity contribution in [1.82, 2.24) is 5.23 Å². The minimum absolute atomic E-state index is 0.0909. The van der Waals surface area contributed by atoms with Crippen LogP contribution in [0.5, 0.6) is 0 Å². The standard InChI is InChI=1S/C7H13NO6/c1-13-8(14-2)5(7(11)12)3-4-6(9)10/h5H,3-4H2,1-2H3,(H,9,10)(H,11,12)/t5-/m0/s1. The summed E-state index contributed by atoms with van der Waals surface area (Å²) in [5, 5.41) is 17.8. The Morgan fingerprint density at radius 3 is 2.07 bits per heavy atom. The maximum Gasteiger partial charge on any atom is 0.325 e. The van der Waals surface area contributed by atoms with Crippen LogP contribution in [0.1, 0.15) is 12.8 Å². The van der Waals surface area contributed by atoms with E-state index < -0.39 is 18.0 Å². The van der Waals surface area contributed by atoms with Gasteiger partial charge in [-0.05, 0) is 6.42 Å². The van der Waals surface area contributed by atoms with Crippen molar-refractivity contribution in [3.8, 4) is 0 Å². The number of carbonyl (C=O) groups is 2. The highest BCUT2D eigenvalue weighted by molar-refractivity contribution is 5.74. The Balaban J connectivity index is 4.27. The molecule has 0 saturated heterocycles. The molecule has 0 aromatic carbocycles. The molecule has 0 aliphatic heterocycles. The molecule has 0 aromatic heterocycles. The summed E-state index contributed by atoms with van der Waals surface area (Å²) in [7, 11) is 2.47. The van der Waals surface area contributed by atoms with Crippen molar-refractivity contribution < 1.29 is 29.5 Å². The van der Waals surface area contributed by atoms with Crippen LogP contribution in [0.25, 0.3) is 0 Å². The lowest BCUT2D eigenvalue weighted by Gasteiger charge is -2.22. The highest BCUT2D eigenvalue weighted by atomic mass is 16.9. The Labute approximate surface area is 80.7 Å². The van der Waals surface area contributed by atoms with Gasteiger partial charge in [-0.3, -0.25) is 19.3 Å². The first-order valence-corrected chi connectivity index (χ1v) is 3.85. The van der Waals surface area contributed by atoms with Gasteiger partial charge < -0.3 is 10.2 Å². The number of hydrogen-bond donors (Lipinski definition) is 2. The van der Waals surface area contributed by atoms with Gasteiger partial charge in [0, 0.05) is 6.42 Å². The molecule has 0 heterocycles. The fraction of sp³-hybridized carbons (Fsp3) is 0.714. The first-order valence-electron chi connectivity index (χ1n) is 3.85. The number of hydroxylamine groups is 2. The molecule has 0 radical (unpaired) electrons. The zero-order chi connectivity index (χ0) is 11.1. The summed E-state index contributed by atoms with van der Waals surface area (Å²) in [4.78, 5) is 30.1. The quantitative estimate of drug-likeness (QED) is 0.554. The molecule has 0 rings (SSSR count). The van der Waals surface area contributed by atoms with E-state index in [9.17, 15) is 9.59 Å². The van der Waals surface area contributed by atoms with Crippen molar-refractivity contribution in [2.45, 2.75) is 18.9 Å². The molecular formula is C7H13NO6. The summed E-state index contributed by atoms with van der Waals surface area (Å²) in [6.45, 7) is 0. The molecule has 0 amide bonds. The largest absolute Gasteiger partial charge is 0.481 e. The molecule has 0 aromatic rings. The Bertz CT molecular complexity index is 202. The first kappa shape index (κ1) is 12.8. The number of hydrogen-bond acceptors (Lipinski definition) is 5. The molecule has 7 nitrogen and oxygen atoms in total. The average Bonchev–Trinajstić information content (AvgIpc) is 2.11. The Morgan fingerprint density at radius 2 is 1.79 bits per heavy atom. The monoisotopic (exact) mass is 207 g/mol. The van der Waals surface area contributed by atoms with E-state index in [0.29, 0.717) is 0 Å². The normalized spacial score (nSPS) is 12.8. The maximum absolute atomic E-state index is 10.7. The van der Waals surface area contributed by atoms with Crippen LogP contribution in [0.3, 0.4) is 0 Å². The van der Waals surface area contributed by atoms with Crippen LogP contribution in [0.15, 0.2) is 0 Å². The van der Waals surface area contributed by atoms with E-state index in [4.69, 9.17) is 10.2 Å². The topological polar surface area (TPSA) is 96.3 Å². The summed E-state index contributed by atoms with van der Waals surface area (Å²) in [6.07, 6.45) is -0.355. The van der Waals surface area contributed by atoms with E-state index in [0.717, 1.165) is 5.23 Å². The zero-order valence-corrected chi connectivity index (χ0v) is 7.97. The third-order valence-corrected chi connectivity index (χ3v) is 1.53. The average molecular weight is 207 g/mol. The van der Waals surface area contributed by atoms with Gasteiger partial charge in [0.25, 0.3) is 0 Å². The predicted molar refractivity (Wildman–Crippen MR) is 44.2 cm³/mol. The first-order chi connectivity index (χ1) is 6.52. The molecular weight excluding hydrogens is 194 g/mol. The van der Waals surface area contributed by atoms with E-state index in [1.165, 1.54) is 14.2 Å². The van der Waals surface area contributed by atoms with Gasteiger partial charge in [0.05, 0.1) is 14.2 Å². The van der Waals surface area contributed by atoms with E-state index in [-0.39, 0.29) is 12.8 Å². The molecule has 0 saturated carbocycles. The van der Waals surface area contributed by atoms with Gasteiger partial charge in [-0.25, -0.2) is 0 Å².